The molecule has 0 bridgehead atoms. The van der Waals surface area contributed by atoms with Crippen LogP contribution >= 0.6 is 11.3 Å². The van der Waals surface area contributed by atoms with E-state index in [0.717, 1.165) is 32.6 Å². The predicted octanol–water partition coefficient (Wildman–Crippen LogP) is 6.24. The molecule has 1 N–H and O–H groups in total. The number of rotatable bonds is 1. The number of fused-ring (bicyclic) bond motifs is 6. The minimum Gasteiger partial charge on any atom is -0.422 e. The Labute approximate surface area is 164 Å². The molecule has 4 heteroatoms. The van der Waals surface area contributed by atoms with Crippen LogP contribution in [0.25, 0.3) is 21.7 Å². The molecule has 3 heterocycles. The van der Waals surface area contributed by atoms with Crippen molar-refractivity contribution in [1.82, 2.24) is 0 Å². The minimum atomic E-state index is -0.279. The maximum absolute atomic E-state index is 13.1. The normalized spacial score (nSPS) is 15.2. The van der Waals surface area contributed by atoms with Crippen LogP contribution in [-0.4, -0.2) is 0 Å². The van der Waals surface area contributed by atoms with Gasteiger partial charge >= 0.3 is 5.63 Å². The van der Waals surface area contributed by atoms with Gasteiger partial charge in [-0.05, 0) is 46.0 Å². The van der Waals surface area contributed by atoms with Gasteiger partial charge in [0.2, 0.25) is 0 Å². The molecule has 6 rings (SSSR count). The molecule has 0 aliphatic carbocycles. The number of thiophene rings is 1. The van der Waals surface area contributed by atoms with E-state index in [1.54, 1.807) is 11.3 Å². The number of hydrogen-bond donors (Lipinski definition) is 1. The molecule has 0 saturated heterocycles. The zero-order valence-corrected chi connectivity index (χ0v) is 15.6. The van der Waals surface area contributed by atoms with Crippen LogP contribution in [0.2, 0.25) is 0 Å². The molecule has 0 saturated carbocycles. The first-order valence-corrected chi connectivity index (χ1v) is 10.1. The van der Waals surface area contributed by atoms with Gasteiger partial charge in [0.25, 0.3) is 0 Å². The van der Waals surface area contributed by atoms with Crippen molar-refractivity contribution in [3.05, 3.63) is 105 Å². The topological polar surface area (TPSA) is 42.2 Å². The first-order chi connectivity index (χ1) is 13.8. The first-order valence-electron chi connectivity index (χ1n) is 9.19. The quantitative estimate of drug-likeness (QED) is 0.343. The fourth-order valence-corrected chi connectivity index (χ4v) is 5.14. The molecule has 0 spiro atoms. The van der Waals surface area contributed by atoms with Crippen molar-refractivity contribution >= 4 is 44.5 Å². The lowest BCUT2D eigenvalue weighted by Crippen LogP contribution is -2.22. The van der Waals surface area contributed by atoms with Crippen molar-refractivity contribution in [3.8, 4) is 0 Å². The molecule has 3 nitrogen and oxygen atoms in total. The van der Waals surface area contributed by atoms with E-state index in [1.165, 1.54) is 5.39 Å². The molecular formula is C24H15NO2S. The fourth-order valence-electron chi connectivity index (χ4n) is 4.30. The molecule has 3 aromatic carbocycles. The van der Waals surface area contributed by atoms with Crippen molar-refractivity contribution in [2.45, 2.75) is 5.92 Å². The second kappa shape index (κ2) is 5.81. The van der Waals surface area contributed by atoms with Gasteiger partial charge in [-0.1, -0.05) is 48.5 Å². The lowest BCUT2D eigenvalue weighted by molar-refractivity contribution is 0.549. The van der Waals surface area contributed by atoms with Crippen molar-refractivity contribution in [2.75, 3.05) is 5.32 Å². The largest absolute Gasteiger partial charge is 0.422 e. The van der Waals surface area contributed by atoms with Crippen molar-refractivity contribution < 1.29 is 4.42 Å². The average molecular weight is 381 g/mol. The molecule has 0 fully saturated rings. The van der Waals surface area contributed by atoms with Crippen LogP contribution in [0.15, 0.2) is 87.4 Å². The van der Waals surface area contributed by atoms with Crippen LogP contribution in [0, 0.1) is 0 Å². The molecular weight excluding hydrogens is 366 g/mol. The van der Waals surface area contributed by atoms with Gasteiger partial charge in [0, 0.05) is 16.0 Å². The van der Waals surface area contributed by atoms with E-state index in [2.05, 4.69) is 41.0 Å². The Bertz CT molecular complexity index is 1420. The minimum absolute atomic E-state index is 0.154. The maximum Gasteiger partial charge on any atom is 0.342 e. The van der Waals surface area contributed by atoms with Crippen LogP contribution in [0.1, 0.15) is 21.9 Å². The summed E-state index contributed by atoms with van der Waals surface area (Å²) in [6, 6.07) is 24.4. The third-order valence-electron chi connectivity index (χ3n) is 5.48. The van der Waals surface area contributed by atoms with Gasteiger partial charge < -0.3 is 9.73 Å². The Morgan fingerprint density at radius 2 is 1.64 bits per heavy atom. The summed E-state index contributed by atoms with van der Waals surface area (Å²) in [6.45, 7) is 0. The first kappa shape index (κ1) is 15.7. The van der Waals surface area contributed by atoms with Gasteiger partial charge in [-0.25, -0.2) is 4.79 Å². The van der Waals surface area contributed by atoms with Crippen LogP contribution in [0.3, 0.4) is 0 Å². The van der Waals surface area contributed by atoms with Crippen molar-refractivity contribution in [3.63, 3.8) is 0 Å². The number of benzene rings is 3. The monoisotopic (exact) mass is 381 g/mol. The van der Waals surface area contributed by atoms with E-state index < -0.39 is 0 Å². The van der Waals surface area contributed by atoms with Gasteiger partial charge in [-0.2, -0.15) is 0 Å². The van der Waals surface area contributed by atoms with Gasteiger partial charge in [-0.3, -0.25) is 0 Å². The molecule has 134 valence electrons. The van der Waals surface area contributed by atoms with E-state index in [4.69, 9.17) is 4.42 Å². The highest BCUT2D eigenvalue weighted by molar-refractivity contribution is 7.10. The second-order valence-electron chi connectivity index (χ2n) is 7.00. The van der Waals surface area contributed by atoms with Crippen LogP contribution < -0.4 is 10.9 Å². The third-order valence-corrected chi connectivity index (χ3v) is 6.42. The standard InChI is InChI=1S/C24H15NO2S/c26-24-22-21(19-10-5-13-28-19)20-15-7-2-1-6-14(15)11-12-17(20)25-23(22)16-8-3-4-9-18(16)27-24/h1-13,21,25H. The van der Waals surface area contributed by atoms with E-state index in [0.29, 0.717) is 11.1 Å². The lowest BCUT2D eigenvalue weighted by atomic mass is 9.82. The zero-order valence-electron chi connectivity index (χ0n) is 14.8. The highest BCUT2D eigenvalue weighted by Gasteiger charge is 2.33. The molecule has 1 aliphatic rings. The van der Waals surface area contributed by atoms with Gasteiger partial charge in [0.05, 0.1) is 17.2 Å². The molecule has 0 amide bonds. The Morgan fingerprint density at radius 1 is 0.821 bits per heavy atom. The average Bonchev–Trinajstić information content (AvgIpc) is 3.27. The SMILES string of the molecule is O=c1oc2ccccc2c2c1C(c1cccs1)c1c(ccc3ccccc13)N2. The molecule has 2 aromatic heterocycles. The molecule has 1 atom stereocenters. The number of anilines is 2. The van der Waals surface area contributed by atoms with E-state index in [1.807, 2.05) is 42.5 Å². The van der Waals surface area contributed by atoms with E-state index in [-0.39, 0.29) is 11.5 Å². The molecule has 28 heavy (non-hydrogen) atoms. The summed E-state index contributed by atoms with van der Waals surface area (Å²) in [6.07, 6.45) is 0. The van der Waals surface area contributed by atoms with E-state index in [9.17, 15) is 4.79 Å². The Hall–Kier alpha value is -3.37. The van der Waals surface area contributed by atoms with Gasteiger partial charge in [-0.15, -0.1) is 11.3 Å². The summed E-state index contributed by atoms with van der Waals surface area (Å²) >= 11 is 1.67. The predicted molar refractivity (Wildman–Crippen MR) is 115 cm³/mol. The molecule has 1 unspecified atom stereocenters. The highest BCUT2D eigenvalue weighted by Crippen LogP contribution is 2.49. The molecule has 5 aromatic rings. The van der Waals surface area contributed by atoms with Crippen LogP contribution in [0.4, 0.5) is 11.4 Å². The summed E-state index contributed by atoms with van der Waals surface area (Å²) in [5.41, 5.74) is 4.04. The van der Waals surface area contributed by atoms with E-state index >= 15 is 0 Å². The molecule has 1 aliphatic heterocycles. The van der Waals surface area contributed by atoms with Crippen molar-refractivity contribution in [1.29, 1.82) is 0 Å². The van der Waals surface area contributed by atoms with Crippen molar-refractivity contribution in [2.24, 2.45) is 0 Å². The highest BCUT2D eigenvalue weighted by atomic mass is 32.1. The summed E-state index contributed by atoms with van der Waals surface area (Å²) in [5.74, 6) is -0.154. The second-order valence-corrected chi connectivity index (χ2v) is 7.97. The number of para-hydroxylation sites is 1. The Kier molecular flexibility index (Phi) is 3.25. The number of hydrogen-bond acceptors (Lipinski definition) is 4. The maximum atomic E-state index is 13.1. The Morgan fingerprint density at radius 3 is 2.50 bits per heavy atom. The van der Waals surface area contributed by atoms with Gasteiger partial charge in [0.15, 0.2) is 0 Å². The van der Waals surface area contributed by atoms with Crippen LogP contribution in [-0.2, 0) is 0 Å². The lowest BCUT2D eigenvalue weighted by Gasteiger charge is -2.29. The third kappa shape index (κ3) is 2.12. The van der Waals surface area contributed by atoms with Gasteiger partial charge in [0.1, 0.15) is 5.58 Å². The van der Waals surface area contributed by atoms with Crippen LogP contribution in [0.5, 0.6) is 0 Å². The Balaban J connectivity index is 1.78. The molecule has 0 radical (unpaired) electrons. The smallest absolute Gasteiger partial charge is 0.342 e. The summed E-state index contributed by atoms with van der Waals surface area (Å²) in [7, 11) is 0. The number of nitrogens with one attached hydrogen (secondary N) is 1. The summed E-state index contributed by atoms with van der Waals surface area (Å²) in [5, 5.41) is 8.86. The summed E-state index contributed by atoms with van der Waals surface area (Å²) < 4.78 is 5.72. The zero-order chi connectivity index (χ0) is 18.7. The fraction of sp³-hybridized carbons (Fsp3) is 0.0417. The summed E-state index contributed by atoms with van der Waals surface area (Å²) in [4.78, 5) is 14.3.